The molecule has 1 fully saturated rings. The predicted octanol–water partition coefficient (Wildman–Crippen LogP) is 4.63. The molecular weight excluding hydrogens is 428 g/mol. The summed E-state index contributed by atoms with van der Waals surface area (Å²) in [5, 5.41) is 3.15. The Kier molecular flexibility index (Phi) is 8.31. The Bertz CT molecular complexity index is 992. The number of hydrogen-bond acceptors (Lipinski definition) is 7. The Hall–Kier alpha value is -2.93. The quantitative estimate of drug-likeness (QED) is 0.295. The fourth-order valence-corrected chi connectivity index (χ4v) is 4.31. The second kappa shape index (κ2) is 11.0. The van der Waals surface area contributed by atoms with E-state index in [1.807, 2.05) is 52.9 Å². The number of benzene rings is 2. The van der Waals surface area contributed by atoms with Crippen LogP contribution in [0.4, 0.5) is 22.7 Å². The van der Waals surface area contributed by atoms with E-state index in [-0.39, 0.29) is 5.97 Å². The van der Waals surface area contributed by atoms with Gasteiger partial charge in [0.2, 0.25) is 0 Å². The average molecular weight is 469 g/mol. The molecule has 7 heteroatoms. The van der Waals surface area contributed by atoms with Crippen molar-refractivity contribution in [3.8, 4) is 0 Å². The first-order valence-corrected chi connectivity index (χ1v) is 12.1. The Labute approximate surface area is 203 Å². The van der Waals surface area contributed by atoms with Gasteiger partial charge in [-0.15, -0.1) is 0 Å². The van der Waals surface area contributed by atoms with Crippen LogP contribution in [0.5, 0.6) is 0 Å². The molecule has 5 N–H and O–H groups in total. The third-order valence-corrected chi connectivity index (χ3v) is 6.33. The van der Waals surface area contributed by atoms with Crippen LogP contribution in [0.15, 0.2) is 30.3 Å². The molecule has 0 aromatic heterocycles. The van der Waals surface area contributed by atoms with Crippen molar-refractivity contribution < 1.29 is 14.3 Å². The number of hydrogen-bond donors (Lipinski definition) is 3. The van der Waals surface area contributed by atoms with Crippen LogP contribution in [0.25, 0.3) is 0 Å². The van der Waals surface area contributed by atoms with E-state index in [0.29, 0.717) is 36.8 Å². The lowest BCUT2D eigenvalue weighted by molar-refractivity contribution is 0.00678. The third kappa shape index (κ3) is 6.56. The maximum atomic E-state index is 12.7. The van der Waals surface area contributed by atoms with Crippen LogP contribution in [-0.4, -0.2) is 44.9 Å². The van der Waals surface area contributed by atoms with Crippen molar-refractivity contribution in [1.82, 2.24) is 0 Å². The monoisotopic (exact) mass is 468 g/mol. The normalized spacial score (nSPS) is 14.8. The zero-order valence-corrected chi connectivity index (χ0v) is 21.2. The van der Waals surface area contributed by atoms with Crippen molar-refractivity contribution in [1.29, 1.82) is 0 Å². The molecule has 0 radical (unpaired) electrons. The number of esters is 1. The van der Waals surface area contributed by atoms with E-state index >= 15 is 0 Å². The standard InChI is InChI=1S/C27H40N4O3/c1-18-6-8-22(26(32)34-27(2,3)4)21(25(18)29)12-15-33-17-19-10-13-31(14-11-19)20-7-9-23(28)24(16-20)30-5/h6-9,16,19,30H,10-15,17,28-29H2,1-5H3. The van der Waals surface area contributed by atoms with Gasteiger partial charge in [0.05, 0.1) is 23.5 Å². The van der Waals surface area contributed by atoms with Crippen LogP contribution in [0, 0.1) is 12.8 Å². The molecule has 34 heavy (non-hydrogen) atoms. The molecule has 0 aliphatic carbocycles. The van der Waals surface area contributed by atoms with Crippen LogP contribution < -0.4 is 21.7 Å². The summed E-state index contributed by atoms with van der Waals surface area (Å²) in [5.74, 6) is 0.180. The molecule has 0 bridgehead atoms. The first-order chi connectivity index (χ1) is 16.1. The van der Waals surface area contributed by atoms with Crippen molar-refractivity contribution in [3.05, 3.63) is 47.0 Å². The molecule has 0 amide bonds. The van der Waals surface area contributed by atoms with E-state index in [1.165, 1.54) is 5.69 Å². The molecule has 1 aliphatic rings. The summed E-state index contributed by atoms with van der Waals surface area (Å²) in [4.78, 5) is 15.1. The summed E-state index contributed by atoms with van der Waals surface area (Å²) in [6.45, 7) is 10.8. The van der Waals surface area contributed by atoms with Crippen LogP contribution >= 0.6 is 0 Å². The van der Waals surface area contributed by atoms with E-state index in [0.717, 1.165) is 48.4 Å². The molecule has 1 aliphatic heterocycles. The topological polar surface area (TPSA) is 103 Å². The molecular formula is C27H40N4O3. The molecule has 186 valence electrons. The zero-order chi connectivity index (χ0) is 24.9. The van der Waals surface area contributed by atoms with E-state index in [1.54, 1.807) is 0 Å². The maximum absolute atomic E-state index is 12.7. The highest BCUT2D eigenvalue weighted by atomic mass is 16.6. The number of piperidine rings is 1. The molecule has 0 spiro atoms. The van der Waals surface area contributed by atoms with Gasteiger partial charge >= 0.3 is 5.97 Å². The first-order valence-electron chi connectivity index (χ1n) is 12.1. The summed E-state index contributed by atoms with van der Waals surface area (Å²) in [6, 6.07) is 9.83. The predicted molar refractivity (Wildman–Crippen MR) is 141 cm³/mol. The lowest BCUT2D eigenvalue weighted by Crippen LogP contribution is -2.35. The molecule has 7 nitrogen and oxygen atoms in total. The number of rotatable bonds is 8. The smallest absolute Gasteiger partial charge is 0.339 e. The van der Waals surface area contributed by atoms with Crippen LogP contribution in [0.3, 0.4) is 0 Å². The zero-order valence-electron chi connectivity index (χ0n) is 21.2. The second-order valence-corrected chi connectivity index (χ2v) is 10.1. The van der Waals surface area contributed by atoms with E-state index in [4.69, 9.17) is 20.9 Å². The number of nitrogens with one attached hydrogen (secondary N) is 1. The van der Waals surface area contributed by atoms with Crippen molar-refractivity contribution in [2.45, 2.75) is 52.6 Å². The van der Waals surface area contributed by atoms with Crippen molar-refractivity contribution in [2.24, 2.45) is 5.92 Å². The van der Waals surface area contributed by atoms with Gasteiger partial charge in [-0.3, -0.25) is 0 Å². The van der Waals surface area contributed by atoms with Gasteiger partial charge in [-0.05, 0) is 88.3 Å². The number of carbonyl (C=O) groups excluding carboxylic acids is 1. The first kappa shape index (κ1) is 25.7. The van der Waals surface area contributed by atoms with Crippen LogP contribution in [-0.2, 0) is 15.9 Å². The number of anilines is 4. The minimum absolute atomic E-state index is 0.342. The summed E-state index contributed by atoms with van der Waals surface area (Å²) >= 11 is 0. The molecule has 2 aromatic rings. The van der Waals surface area contributed by atoms with Crippen molar-refractivity contribution in [3.63, 3.8) is 0 Å². The van der Waals surface area contributed by atoms with Crippen LogP contribution in [0.2, 0.25) is 0 Å². The number of nitrogen functional groups attached to an aromatic ring is 2. The molecule has 0 saturated carbocycles. The lowest BCUT2D eigenvalue weighted by Gasteiger charge is -2.34. The Balaban J connectivity index is 1.51. The average Bonchev–Trinajstić information content (AvgIpc) is 2.79. The van der Waals surface area contributed by atoms with Gasteiger partial charge in [0, 0.05) is 38.1 Å². The highest BCUT2D eigenvalue weighted by Crippen LogP contribution is 2.29. The van der Waals surface area contributed by atoms with E-state index in [9.17, 15) is 4.79 Å². The van der Waals surface area contributed by atoms with E-state index in [2.05, 4.69) is 22.3 Å². The Morgan fingerprint density at radius 2 is 1.85 bits per heavy atom. The van der Waals surface area contributed by atoms with Crippen molar-refractivity contribution >= 4 is 28.7 Å². The Morgan fingerprint density at radius 3 is 2.50 bits per heavy atom. The van der Waals surface area contributed by atoms with Gasteiger partial charge in [0.15, 0.2) is 0 Å². The highest BCUT2D eigenvalue weighted by molar-refractivity contribution is 5.93. The number of aryl methyl sites for hydroxylation is 1. The SMILES string of the molecule is CNc1cc(N2CCC(COCCc3c(C(=O)OC(C)(C)C)ccc(C)c3N)CC2)ccc1N. The number of nitrogens with zero attached hydrogens (tertiary/aromatic N) is 1. The van der Waals surface area contributed by atoms with Crippen molar-refractivity contribution in [2.75, 3.05) is 55.0 Å². The second-order valence-electron chi connectivity index (χ2n) is 10.1. The molecule has 1 heterocycles. The third-order valence-electron chi connectivity index (χ3n) is 6.33. The highest BCUT2D eigenvalue weighted by Gasteiger charge is 2.23. The fourth-order valence-electron chi connectivity index (χ4n) is 4.31. The Morgan fingerprint density at radius 1 is 1.15 bits per heavy atom. The minimum atomic E-state index is -0.555. The van der Waals surface area contributed by atoms with Gasteiger partial charge < -0.3 is 31.2 Å². The largest absolute Gasteiger partial charge is 0.456 e. The van der Waals surface area contributed by atoms with Gasteiger partial charge in [0.1, 0.15) is 5.60 Å². The number of nitrogens with two attached hydrogens (primary N) is 2. The molecule has 2 aromatic carbocycles. The molecule has 0 unspecified atom stereocenters. The summed E-state index contributed by atoms with van der Waals surface area (Å²) in [6.07, 6.45) is 2.74. The minimum Gasteiger partial charge on any atom is -0.456 e. The van der Waals surface area contributed by atoms with Gasteiger partial charge in [-0.25, -0.2) is 4.79 Å². The molecule has 3 rings (SSSR count). The van der Waals surface area contributed by atoms with Gasteiger partial charge in [-0.1, -0.05) is 6.07 Å². The lowest BCUT2D eigenvalue weighted by atomic mass is 9.97. The number of ether oxygens (including phenoxy) is 2. The maximum Gasteiger partial charge on any atom is 0.339 e. The molecule has 1 saturated heterocycles. The number of carbonyl (C=O) groups is 1. The van der Waals surface area contributed by atoms with E-state index < -0.39 is 5.60 Å². The van der Waals surface area contributed by atoms with Gasteiger partial charge in [0.25, 0.3) is 0 Å². The molecule has 0 atom stereocenters. The van der Waals surface area contributed by atoms with Gasteiger partial charge in [-0.2, -0.15) is 0 Å². The van der Waals surface area contributed by atoms with Crippen LogP contribution in [0.1, 0.15) is 55.1 Å². The summed E-state index contributed by atoms with van der Waals surface area (Å²) < 4.78 is 11.6. The summed E-state index contributed by atoms with van der Waals surface area (Å²) in [7, 11) is 1.89. The summed E-state index contributed by atoms with van der Waals surface area (Å²) in [5.41, 5.74) is 17.6. The fraction of sp³-hybridized carbons (Fsp3) is 0.519.